The Bertz CT molecular complexity index is 1300. The van der Waals surface area contributed by atoms with Crippen molar-refractivity contribution in [3.8, 4) is 22.1 Å². The summed E-state index contributed by atoms with van der Waals surface area (Å²) in [5.74, 6) is 0.523. The van der Waals surface area contributed by atoms with E-state index in [1.165, 1.54) is 11.3 Å². The van der Waals surface area contributed by atoms with E-state index in [9.17, 15) is 9.59 Å². The molecule has 34 heavy (non-hydrogen) atoms. The fourth-order valence-electron chi connectivity index (χ4n) is 3.33. The van der Waals surface area contributed by atoms with E-state index in [2.05, 4.69) is 15.6 Å². The second-order valence-electron chi connectivity index (χ2n) is 7.28. The van der Waals surface area contributed by atoms with Crippen LogP contribution in [0.15, 0.2) is 78.2 Å². The van der Waals surface area contributed by atoms with Crippen LogP contribution in [-0.2, 0) is 6.54 Å². The Morgan fingerprint density at radius 3 is 2.38 bits per heavy atom. The molecule has 0 unspecified atom stereocenters. The first kappa shape index (κ1) is 23.0. The number of rotatable bonds is 8. The first-order valence-electron chi connectivity index (χ1n) is 10.5. The number of nitrogens with one attached hydrogen (secondary N) is 2. The SMILES string of the molecule is COc1ccc(-c2nc(C(=O)Nc3ccccc3C(=O)NCc3ccccc3)cs2)cc1OC. The minimum Gasteiger partial charge on any atom is -0.493 e. The molecule has 2 N–H and O–H groups in total. The van der Waals surface area contributed by atoms with Crippen LogP contribution in [0.2, 0.25) is 0 Å². The maximum atomic E-state index is 12.9. The fraction of sp³-hybridized carbons (Fsp3) is 0.115. The third-order valence-corrected chi connectivity index (χ3v) is 5.97. The van der Waals surface area contributed by atoms with Gasteiger partial charge in [-0.25, -0.2) is 4.98 Å². The summed E-state index contributed by atoms with van der Waals surface area (Å²) in [6, 6.07) is 22.0. The highest BCUT2D eigenvalue weighted by molar-refractivity contribution is 7.13. The van der Waals surface area contributed by atoms with Gasteiger partial charge >= 0.3 is 0 Å². The average molecular weight is 474 g/mol. The molecule has 4 aromatic rings. The molecule has 0 atom stereocenters. The number of methoxy groups -OCH3 is 2. The predicted molar refractivity (Wildman–Crippen MR) is 133 cm³/mol. The van der Waals surface area contributed by atoms with E-state index >= 15 is 0 Å². The number of aromatic nitrogens is 1. The van der Waals surface area contributed by atoms with Crippen LogP contribution in [0.1, 0.15) is 26.4 Å². The Kier molecular flexibility index (Phi) is 7.19. The monoisotopic (exact) mass is 473 g/mol. The summed E-state index contributed by atoms with van der Waals surface area (Å²) in [7, 11) is 3.14. The topological polar surface area (TPSA) is 89.5 Å². The summed E-state index contributed by atoms with van der Waals surface area (Å²) in [5, 5.41) is 8.05. The molecule has 4 rings (SSSR count). The van der Waals surface area contributed by atoms with Gasteiger partial charge in [-0.15, -0.1) is 11.3 Å². The third-order valence-electron chi connectivity index (χ3n) is 5.08. The third kappa shape index (κ3) is 5.24. The van der Waals surface area contributed by atoms with E-state index < -0.39 is 5.91 Å². The van der Waals surface area contributed by atoms with Crippen LogP contribution in [0.5, 0.6) is 11.5 Å². The van der Waals surface area contributed by atoms with Gasteiger partial charge in [0.1, 0.15) is 10.7 Å². The lowest BCUT2D eigenvalue weighted by Crippen LogP contribution is -2.25. The van der Waals surface area contributed by atoms with Crippen molar-refractivity contribution in [1.82, 2.24) is 10.3 Å². The Balaban J connectivity index is 1.48. The normalized spacial score (nSPS) is 10.4. The van der Waals surface area contributed by atoms with E-state index in [4.69, 9.17) is 9.47 Å². The molecule has 0 saturated heterocycles. The number of carbonyl (C=O) groups excluding carboxylic acids is 2. The molecule has 1 aromatic heterocycles. The van der Waals surface area contributed by atoms with Crippen LogP contribution in [0.4, 0.5) is 5.69 Å². The summed E-state index contributed by atoms with van der Waals surface area (Å²) < 4.78 is 10.6. The number of benzene rings is 3. The number of hydrogen-bond acceptors (Lipinski definition) is 6. The van der Waals surface area contributed by atoms with Crippen LogP contribution in [0, 0.1) is 0 Å². The lowest BCUT2D eigenvalue weighted by molar-refractivity contribution is 0.0952. The molecule has 0 radical (unpaired) electrons. The predicted octanol–water partition coefficient (Wildman–Crippen LogP) is 5.01. The van der Waals surface area contributed by atoms with E-state index in [-0.39, 0.29) is 11.6 Å². The second-order valence-corrected chi connectivity index (χ2v) is 8.13. The van der Waals surface area contributed by atoms with Crippen molar-refractivity contribution in [1.29, 1.82) is 0 Å². The zero-order valence-electron chi connectivity index (χ0n) is 18.7. The molecule has 0 aliphatic rings. The van der Waals surface area contributed by atoms with Gasteiger partial charge in [-0.2, -0.15) is 0 Å². The van der Waals surface area contributed by atoms with Gasteiger partial charge in [-0.3, -0.25) is 9.59 Å². The number of anilines is 1. The van der Waals surface area contributed by atoms with E-state index in [1.807, 2.05) is 42.5 Å². The largest absolute Gasteiger partial charge is 0.493 e. The van der Waals surface area contributed by atoms with Crippen LogP contribution in [0.25, 0.3) is 10.6 Å². The highest BCUT2D eigenvalue weighted by Gasteiger charge is 2.17. The van der Waals surface area contributed by atoms with Crippen LogP contribution in [0.3, 0.4) is 0 Å². The minimum absolute atomic E-state index is 0.259. The van der Waals surface area contributed by atoms with Crippen molar-refractivity contribution in [2.24, 2.45) is 0 Å². The Labute approximate surface area is 201 Å². The van der Waals surface area contributed by atoms with Crippen molar-refractivity contribution >= 4 is 28.8 Å². The standard InChI is InChI=1S/C26H23N3O4S/c1-32-22-13-12-18(14-23(22)33-2)26-29-21(16-34-26)25(31)28-20-11-7-6-10-19(20)24(30)27-15-17-8-4-3-5-9-17/h3-14,16H,15H2,1-2H3,(H,27,30)(H,28,31). The van der Waals surface area contributed by atoms with Crippen molar-refractivity contribution in [2.45, 2.75) is 6.54 Å². The van der Waals surface area contributed by atoms with Crippen molar-refractivity contribution in [3.63, 3.8) is 0 Å². The van der Waals surface area contributed by atoms with Gasteiger partial charge in [0.2, 0.25) is 0 Å². The molecule has 1 heterocycles. The number of ether oxygens (including phenoxy) is 2. The number of amides is 2. The van der Waals surface area contributed by atoms with Gasteiger partial charge in [-0.1, -0.05) is 42.5 Å². The molecular formula is C26H23N3O4S. The Morgan fingerprint density at radius 2 is 1.62 bits per heavy atom. The second kappa shape index (κ2) is 10.6. The lowest BCUT2D eigenvalue weighted by Gasteiger charge is -2.11. The number of carbonyl (C=O) groups is 2. The summed E-state index contributed by atoms with van der Waals surface area (Å²) in [6.45, 7) is 0.392. The first-order chi connectivity index (χ1) is 16.6. The highest BCUT2D eigenvalue weighted by Crippen LogP contribution is 2.33. The summed E-state index contributed by atoms with van der Waals surface area (Å²) in [4.78, 5) is 30.1. The lowest BCUT2D eigenvalue weighted by atomic mass is 10.1. The minimum atomic E-state index is -0.397. The first-order valence-corrected chi connectivity index (χ1v) is 11.4. The quantitative estimate of drug-likeness (QED) is 0.376. The van der Waals surface area contributed by atoms with Crippen molar-refractivity contribution in [3.05, 3.63) is 95.0 Å². The maximum Gasteiger partial charge on any atom is 0.275 e. The molecule has 8 heteroatoms. The summed E-state index contributed by atoms with van der Waals surface area (Å²) in [6.07, 6.45) is 0. The van der Waals surface area contributed by atoms with Crippen molar-refractivity contribution < 1.29 is 19.1 Å². The van der Waals surface area contributed by atoms with Gasteiger partial charge in [0.25, 0.3) is 11.8 Å². The molecule has 0 spiro atoms. The van der Waals surface area contributed by atoms with Crippen molar-refractivity contribution in [2.75, 3.05) is 19.5 Å². The van der Waals surface area contributed by atoms with Crippen LogP contribution >= 0.6 is 11.3 Å². The molecule has 0 saturated carbocycles. The molecule has 7 nitrogen and oxygen atoms in total. The van der Waals surface area contributed by atoms with Gasteiger partial charge in [0.15, 0.2) is 11.5 Å². The number of nitrogens with zero attached hydrogens (tertiary/aromatic N) is 1. The molecule has 0 aliphatic carbocycles. The van der Waals surface area contributed by atoms with E-state index in [1.54, 1.807) is 49.9 Å². The van der Waals surface area contributed by atoms with Gasteiger partial charge < -0.3 is 20.1 Å². The molecule has 0 aliphatic heterocycles. The smallest absolute Gasteiger partial charge is 0.275 e. The van der Waals surface area contributed by atoms with E-state index in [0.717, 1.165) is 11.1 Å². The zero-order valence-corrected chi connectivity index (χ0v) is 19.5. The Hall–Kier alpha value is -4.17. The number of para-hydroxylation sites is 1. The maximum absolute atomic E-state index is 12.9. The zero-order chi connectivity index (χ0) is 23.9. The van der Waals surface area contributed by atoms with Gasteiger partial charge in [0, 0.05) is 17.5 Å². The molecule has 3 aromatic carbocycles. The van der Waals surface area contributed by atoms with Crippen LogP contribution < -0.4 is 20.1 Å². The fourth-order valence-corrected chi connectivity index (χ4v) is 4.13. The summed E-state index contributed by atoms with van der Waals surface area (Å²) in [5.41, 5.74) is 2.85. The van der Waals surface area contributed by atoms with Crippen LogP contribution in [-0.4, -0.2) is 31.0 Å². The molecule has 0 bridgehead atoms. The van der Waals surface area contributed by atoms with Gasteiger partial charge in [0.05, 0.1) is 25.5 Å². The average Bonchev–Trinajstić information content (AvgIpc) is 3.38. The number of thiazole rings is 1. The Morgan fingerprint density at radius 1 is 0.882 bits per heavy atom. The summed E-state index contributed by atoms with van der Waals surface area (Å²) >= 11 is 1.34. The molecular weight excluding hydrogens is 450 g/mol. The number of hydrogen-bond donors (Lipinski definition) is 2. The van der Waals surface area contributed by atoms with E-state index in [0.29, 0.717) is 34.3 Å². The molecule has 0 fully saturated rings. The highest BCUT2D eigenvalue weighted by atomic mass is 32.1. The molecule has 172 valence electrons. The van der Waals surface area contributed by atoms with Gasteiger partial charge in [-0.05, 0) is 35.9 Å². The molecule has 2 amide bonds.